The minimum absolute atomic E-state index is 0.104. The van der Waals surface area contributed by atoms with Gasteiger partial charge in [-0.1, -0.05) is 6.07 Å². The quantitative estimate of drug-likeness (QED) is 0.835. The molecule has 0 aliphatic carbocycles. The van der Waals surface area contributed by atoms with Gasteiger partial charge in [0.25, 0.3) is 0 Å². The summed E-state index contributed by atoms with van der Waals surface area (Å²) in [6, 6.07) is -0.174. The number of hydrogen-bond donors (Lipinski definition) is 2. The molecule has 0 fully saturated rings. The molecule has 10 heteroatoms. The number of benzene rings is 1. The fraction of sp³-hybridized carbons (Fsp3) is 0.286. The summed E-state index contributed by atoms with van der Waals surface area (Å²) in [7, 11) is 1.59. The van der Waals surface area contributed by atoms with Gasteiger partial charge >= 0.3 is 12.2 Å². The Kier molecular flexibility index (Phi) is 5.05. The number of nitrogens with one attached hydrogen (secondary N) is 2. The molecule has 24 heavy (non-hydrogen) atoms. The molecular weight excluding hydrogens is 335 g/mol. The monoisotopic (exact) mass is 348 g/mol. The number of amides is 2. The highest BCUT2D eigenvalue weighted by Crippen LogP contribution is 2.35. The first-order valence-electron chi connectivity index (χ1n) is 6.72. The summed E-state index contributed by atoms with van der Waals surface area (Å²) in [4.78, 5) is 11.7. The molecule has 1 aromatic heterocycles. The van der Waals surface area contributed by atoms with Crippen molar-refractivity contribution in [1.82, 2.24) is 20.4 Å². The van der Waals surface area contributed by atoms with Crippen molar-refractivity contribution in [1.29, 1.82) is 0 Å². The van der Waals surface area contributed by atoms with Crippen LogP contribution in [0.25, 0.3) is 0 Å². The van der Waals surface area contributed by atoms with Gasteiger partial charge in [0.05, 0.1) is 17.8 Å². The van der Waals surface area contributed by atoms with Crippen LogP contribution in [0.5, 0.6) is 0 Å². The predicted octanol–water partition coefficient (Wildman–Crippen LogP) is 2.80. The number of aromatic nitrogens is 2. The van der Waals surface area contributed by atoms with Crippen LogP contribution in [0, 0.1) is 11.6 Å². The number of carbonyl (C=O) groups is 1. The van der Waals surface area contributed by atoms with Gasteiger partial charge in [-0.05, 0) is 18.2 Å². The second kappa shape index (κ2) is 6.85. The highest BCUT2D eigenvalue weighted by Gasteiger charge is 2.44. The lowest BCUT2D eigenvalue weighted by molar-refractivity contribution is -0.156. The summed E-state index contributed by atoms with van der Waals surface area (Å²) in [5.41, 5.74) is -0.730. The maximum absolute atomic E-state index is 13.6. The van der Waals surface area contributed by atoms with Crippen molar-refractivity contribution < 1.29 is 26.7 Å². The summed E-state index contributed by atoms with van der Waals surface area (Å²) < 4.78 is 68.0. The average Bonchev–Trinajstić information content (AvgIpc) is 2.88. The van der Waals surface area contributed by atoms with E-state index in [-0.39, 0.29) is 6.54 Å². The van der Waals surface area contributed by atoms with Crippen molar-refractivity contribution in [3.05, 3.63) is 53.4 Å². The Morgan fingerprint density at radius 3 is 2.38 bits per heavy atom. The van der Waals surface area contributed by atoms with Crippen molar-refractivity contribution in [2.24, 2.45) is 7.05 Å². The molecule has 2 aromatic rings. The first kappa shape index (κ1) is 17.7. The summed E-state index contributed by atoms with van der Waals surface area (Å²) in [6.07, 6.45) is -3.63. The molecule has 0 aliphatic rings. The fourth-order valence-corrected chi connectivity index (χ4v) is 2.03. The van der Waals surface area contributed by atoms with Crippen LogP contribution >= 0.6 is 0 Å². The molecule has 1 unspecified atom stereocenters. The summed E-state index contributed by atoms with van der Waals surface area (Å²) in [5.74, 6) is -2.80. The van der Waals surface area contributed by atoms with E-state index in [1.54, 1.807) is 18.4 Å². The Morgan fingerprint density at radius 2 is 1.88 bits per heavy atom. The van der Waals surface area contributed by atoms with Gasteiger partial charge in [-0.15, -0.1) is 0 Å². The smallest absolute Gasteiger partial charge is 0.333 e. The molecule has 0 saturated carbocycles. The van der Waals surface area contributed by atoms with Gasteiger partial charge in [0.1, 0.15) is 11.6 Å². The number of halogens is 5. The number of aryl methyl sites for hydroxylation is 1. The van der Waals surface area contributed by atoms with E-state index in [0.29, 0.717) is 17.8 Å². The Bertz CT molecular complexity index is 708. The molecule has 1 atom stereocenters. The molecule has 0 bridgehead atoms. The van der Waals surface area contributed by atoms with Gasteiger partial charge in [-0.3, -0.25) is 4.68 Å². The molecule has 1 aromatic carbocycles. The standard InChI is InChI=1S/C14H13F5N4O/c1-23-8(5-6-21-23)7-20-13(24)22-12(14(17,18)19)11-9(15)3-2-4-10(11)16/h2-6,12H,7H2,1H3,(H2,20,22,24). The van der Waals surface area contributed by atoms with Crippen molar-refractivity contribution in [3.63, 3.8) is 0 Å². The van der Waals surface area contributed by atoms with Crippen LogP contribution in [0.1, 0.15) is 17.3 Å². The van der Waals surface area contributed by atoms with Gasteiger partial charge in [-0.25, -0.2) is 13.6 Å². The molecular formula is C14H13F5N4O. The molecule has 2 N–H and O–H groups in total. The third kappa shape index (κ3) is 4.00. The maximum Gasteiger partial charge on any atom is 0.413 e. The lowest BCUT2D eigenvalue weighted by Gasteiger charge is -2.23. The second-order valence-corrected chi connectivity index (χ2v) is 4.88. The average molecular weight is 348 g/mol. The van der Waals surface area contributed by atoms with E-state index in [2.05, 4.69) is 10.4 Å². The van der Waals surface area contributed by atoms with Gasteiger partial charge in [0.2, 0.25) is 0 Å². The largest absolute Gasteiger partial charge is 0.413 e. The van der Waals surface area contributed by atoms with Crippen LogP contribution in [0.4, 0.5) is 26.7 Å². The first-order valence-corrected chi connectivity index (χ1v) is 6.72. The van der Waals surface area contributed by atoms with E-state index < -0.39 is 35.4 Å². The molecule has 1 heterocycles. The molecule has 2 rings (SSSR count). The van der Waals surface area contributed by atoms with E-state index >= 15 is 0 Å². The van der Waals surface area contributed by atoms with Crippen LogP contribution in [0.15, 0.2) is 30.5 Å². The number of nitrogens with zero attached hydrogens (tertiary/aromatic N) is 2. The van der Waals surface area contributed by atoms with Crippen molar-refractivity contribution in [3.8, 4) is 0 Å². The number of hydrogen-bond acceptors (Lipinski definition) is 2. The SMILES string of the molecule is Cn1nccc1CNC(=O)NC(c1c(F)cccc1F)C(F)(F)F. The van der Waals surface area contributed by atoms with E-state index in [1.807, 2.05) is 0 Å². The van der Waals surface area contributed by atoms with Crippen LogP contribution in [0.2, 0.25) is 0 Å². The van der Waals surface area contributed by atoms with E-state index in [4.69, 9.17) is 0 Å². The molecule has 2 amide bonds. The van der Waals surface area contributed by atoms with Gasteiger partial charge in [-0.2, -0.15) is 18.3 Å². The molecule has 0 aliphatic heterocycles. The Labute approximate surface area is 133 Å². The molecule has 0 radical (unpaired) electrons. The van der Waals surface area contributed by atoms with Crippen LogP contribution < -0.4 is 10.6 Å². The van der Waals surface area contributed by atoms with Gasteiger partial charge in [0, 0.05) is 13.2 Å². The van der Waals surface area contributed by atoms with E-state index in [1.165, 1.54) is 10.9 Å². The highest BCUT2D eigenvalue weighted by molar-refractivity contribution is 5.74. The second-order valence-electron chi connectivity index (χ2n) is 4.88. The zero-order valence-electron chi connectivity index (χ0n) is 12.4. The Hall–Kier alpha value is -2.65. The number of carbonyl (C=O) groups excluding carboxylic acids is 1. The van der Waals surface area contributed by atoms with Crippen LogP contribution in [-0.4, -0.2) is 22.0 Å². The topological polar surface area (TPSA) is 59.0 Å². The zero-order valence-corrected chi connectivity index (χ0v) is 12.4. The van der Waals surface area contributed by atoms with Crippen molar-refractivity contribution in [2.75, 3.05) is 0 Å². The minimum Gasteiger partial charge on any atom is -0.333 e. The summed E-state index contributed by atoms with van der Waals surface area (Å²) in [6.45, 7) is -0.104. The lowest BCUT2D eigenvalue weighted by atomic mass is 10.1. The van der Waals surface area contributed by atoms with E-state index in [0.717, 1.165) is 6.07 Å². The summed E-state index contributed by atoms with van der Waals surface area (Å²) >= 11 is 0. The minimum atomic E-state index is -5.08. The Balaban J connectivity index is 2.15. The molecule has 130 valence electrons. The summed E-state index contributed by atoms with van der Waals surface area (Å²) in [5, 5.41) is 7.56. The van der Waals surface area contributed by atoms with E-state index in [9.17, 15) is 26.7 Å². The number of urea groups is 1. The fourth-order valence-electron chi connectivity index (χ4n) is 2.03. The first-order chi connectivity index (χ1) is 11.2. The van der Waals surface area contributed by atoms with Crippen molar-refractivity contribution in [2.45, 2.75) is 18.8 Å². The lowest BCUT2D eigenvalue weighted by Crippen LogP contribution is -2.44. The molecule has 0 spiro atoms. The molecule has 5 nitrogen and oxygen atoms in total. The van der Waals surface area contributed by atoms with Gasteiger partial charge in [0.15, 0.2) is 6.04 Å². The molecule has 0 saturated heterocycles. The highest BCUT2D eigenvalue weighted by atomic mass is 19.4. The van der Waals surface area contributed by atoms with Gasteiger partial charge < -0.3 is 10.6 Å². The van der Waals surface area contributed by atoms with Crippen molar-refractivity contribution >= 4 is 6.03 Å². The third-order valence-corrected chi connectivity index (χ3v) is 3.24. The maximum atomic E-state index is 13.6. The third-order valence-electron chi connectivity index (χ3n) is 3.24. The normalized spacial score (nSPS) is 12.8. The zero-order chi connectivity index (χ0) is 17.9. The predicted molar refractivity (Wildman–Crippen MR) is 73.7 cm³/mol. The van der Waals surface area contributed by atoms with Crippen LogP contribution in [0.3, 0.4) is 0 Å². The number of rotatable bonds is 4. The number of alkyl halides is 3. The Morgan fingerprint density at radius 1 is 1.25 bits per heavy atom. The van der Waals surface area contributed by atoms with Crippen LogP contribution in [-0.2, 0) is 13.6 Å².